The summed E-state index contributed by atoms with van der Waals surface area (Å²) in [5.74, 6) is -2.22. The van der Waals surface area contributed by atoms with E-state index >= 15 is 0 Å². The highest BCUT2D eigenvalue weighted by molar-refractivity contribution is 5.89. The van der Waals surface area contributed by atoms with Crippen molar-refractivity contribution in [1.82, 2.24) is 14.9 Å². The van der Waals surface area contributed by atoms with E-state index in [1.54, 1.807) is 44.1 Å². The number of imidazole rings is 1. The van der Waals surface area contributed by atoms with E-state index in [0.717, 1.165) is 12.1 Å². The first-order chi connectivity index (χ1) is 11.2. The number of hydrogen-bond acceptors (Lipinski definition) is 3. The predicted molar refractivity (Wildman–Crippen MR) is 86.0 cm³/mol. The zero-order valence-corrected chi connectivity index (χ0v) is 13.8. The third-order valence-electron chi connectivity index (χ3n) is 2.88. The molecular formula is C16H20F2N4O2. The summed E-state index contributed by atoms with van der Waals surface area (Å²) in [6, 6.07) is 1.47. The molecule has 2 amide bonds. The van der Waals surface area contributed by atoms with Gasteiger partial charge < -0.3 is 19.9 Å². The molecular weight excluding hydrogens is 318 g/mol. The van der Waals surface area contributed by atoms with Crippen LogP contribution in [0.4, 0.5) is 19.3 Å². The summed E-state index contributed by atoms with van der Waals surface area (Å²) in [4.78, 5) is 15.6. The van der Waals surface area contributed by atoms with Gasteiger partial charge in [0.15, 0.2) is 17.4 Å². The van der Waals surface area contributed by atoms with Crippen LogP contribution < -0.4 is 15.4 Å². The van der Waals surface area contributed by atoms with Crippen molar-refractivity contribution in [3.8, 4) is 5.75 Å². The van der Waals surface area contributed by atoms with Crippen molar-refractivity contribution in [2.45, 2.75) is 32.9 Å². The summed E-state index contributed by atoms with van der Waals surface area (Å²) >= 11 is 0. The van der Waals surface area contributed by atoms with E-state index in [4.69, 9.17) is 4.74 Å². The molecule has 1 heterocycles. The Labute approximate surface area is 138 Å². The maximum atomic E-state index is 14.0. The van der Waals surface area contributed by atoms with Crippen LogP contribution >= 0.6 is 0 Å². The standard InChI is InChI=1S/C16H20F2N4O2/c1-16(2,3)24-14-12(17)8-11(9-13(14)18)21-15(23)20-5-7-22-6-4-19-10-22/h4,6,8-10H,5,7H2,1-3H3,(H2,20,21,23). The van der Waals surface area contributed by atoms with Crippen LogP contribution in [0.3, 0.4) is 0 Å². The molecule has 2 N–H and O–H groups in total. The molecule has 24 heavy (non-hydrogen) atoms. The summed E-state index contributed by atoms with van der Waals surface area (Å²) in [6.07, 6.45) is 5.02. The van der Waals surface area contributed by atoms with Crippen LogP contribution in [0.5, 0.6) is 5.75 Å². The van der Waals surface area contributed by atoms with Crippen molar-refractivity contribution in [2.75, 3.05) is 11.9 Å². The third-order valence-corrected chi connectivity index (χ3v) is 2.88. The lowest BCUT2D eigenvalue weighted by Gasteiger charge is -2.22. The lowest BCUT2D eigenvalue weighted by Crippen LogP contribution is -2.31. The van der Waals surface area contributed by atoms with Gasteiger partial charge >= 0.3 is 6.03 Å². The van der Waals surface area contributed by atoms with E-state index in [1.165, 1.54) is 0 Å². The first-order valence-corrected chi connectivity index (χ1v) is 7.43. The second kappa shape index (κ2) is 7.29. The Balaban J connectivity index is 1.93. The van der Waals surface area contributed by atoms with Crippen molar-refractivity contribution < 1.29 is 18.3 Å². The molecule has 8 heteroatoms. The molecule has 6 nitrogen and oxygen atoms in total. The average Bonchev–Trinajstić information content (AvgIpc) is 2.95. The Kier molecular flexibility index (Phi) is 5.38. The number of ether oxygens (including phenoxy) is 1. The summed E-state index contributed by atoms with van der Waals surface area (Å²) in [6.45, 7) is 5.94. The molecule has 0 atom stereocenters. The number of carbonyl (C=O) groups is 1. The monoisotopic (exact) mass is 338 g/mol. The zero-order chi connectivity index (χ0) is 17.7. The van der Waals surface area contributed by atoms with Crippen molar-refractivity contribution in [1.29, 1.82) is 0 Å². The summed E-state index contributed by atoms with van der Waals surface area (Å²) < 4.78 is 35.0. The molecule has 0 aliphatic rings. The molecule has 0 spiro atoms. The van der Waals surface area contributed by atoms with Crippen molar-refractivity contribution in [2.24, 2.45) is 0 Å². The number of carbonyl (C=O) groups excluding carboxylic acids is 1. The second-order valence-electron chi connectivity index (χ2n) is 6.16. The SMILES string of the molecule is CC(C)(C)Oc1c(F)cc(NC(=O)NCCn2ccnc2)cc1F. The van der Waals surface area contributed by atoms with Gasteiger partial charge in [0, 0.05) is 43.3 Å². The highest BCUT2D eigenvalue weighted by atomic mass is 19.1. The van der Waals surface area contributed by atoms with Crippen LogP contribution in [0.1, 0.15) is 20.8 Å². The lowest BCUT2D eigenvalue weighted by atomic mass is 10.2. The van der Waals surface area contributed by atoms with E-state index in [-0.39, 0.29) is 5.69 Å². The molecule has 0 bridgehead atoms. The van der Waals surface area contributed by atoms with Gasteiger partial charge in [0.25, 0.3) is 0 Å². The van der Waals surface area contributed by atoms with Gasteiger partial charge in [0.2, 0.25) is 0 Å². The minimum absolute atomic E-state index is 0.00592. The van der Waals surface area contributed by atoms with Crippen LogP contribution in [-0.4, -0.2) is 27.7 Å². The molecule has 0 saturated carbocycles. The molecule has 2 rings (SSSR count). The normalized spacial score (nSPS) is 11.2. The number of hydrogen-bond donors (Lipinski definition) is 2. The van der Waals surface area contributed by atoms with Crippen LogP contribution in [-0.2, 0) is 6.54 Å². The number of anilines is 1. The lowest BCUT2D eigenvalue weighted by molar-refractivity contribution is 0.117. The Morgan fingerprint density at radius 2 is 1.96 bits per heavy atom. The minimum Gasteiger partial charge on any atom is -0.482 e. The van der Waals surface area contributed by atoms with Crippen LogP contribution in [0.25, 0.3) is 0 Å². The fourth-order valence-electron chi connectivity index (χ4n) is 1.93. The Hall–Kier alpha value is -2.64. The highest BCUT2D eigenvalue weighted by Crippen LogP contribution is 2.28. The van der Waals surface area contributed by atoms with Crippen LogP contribution in [0, 0.1) is 11.6 Å². The molecule has 0 aliphatic carbocycles. The quantitative estimate of drug-likeness (QED) is 0.880. The molecule has 0 unspecified atom stereocenters. The second-order valence-corrected chi connectivity index (χ2v) is 6.16. The number of nitrogens with zero attached hydrogens (tertiary/aromatic N) is 2. The van der Waals surface area contributed by atoms with E-state index in [1.807, 2.05) is 0 Å². The third kappa shape index (κ3) is 5.22. The molecule has 130 valence electrons. The molecule has 1 aromatic carbocycles. The van der Waals surface area contributed by atoms with Gasteiger partial charge in [0.05, 0.1) is 6.33 Å². The fourth-order valence-corrected chi connectivity index (χ4v) is 1.93. The van der Waals surface area contributed by atoms with Crippen molar-refractivity contribution in [3.05, 3.63) is 42.5 Å². The highest BCUT2D eigenvalue weighted by Gasteiger charge is 2.20. The largest absolute Gasteiger partial charge is 0.482 e. The number of benzene rings is 1. The van der Waals surface area contributed by atoms with Gasteiger partial charge in [-0.1, -0.05) is 0 Å². The fraction of sp³-hybridized carbons (Fsp3) is 0.375. The van der Waals surface area contributed by atoms with E-state index < -0.39 is 29.0 Å². The number of urea groups is 1. The molecule has 0 fully saturated rings. The summed E-state index contributed by atoms with van der Waals surface area (Å²) in [5.41, 5.74) is -0.729. The minimum atomic E-state index is -0.876. The van der Waals surface area contributed by atoms with Gasteiger partial charge in [-0.05, 0) is 20.8 Å². The van der Waals surface area contributed by atoms with E-state index in [2.05, 4.69) is 15.6 Å². The molecule has 1 aromatic heterocycles. The van der Waals surface area contributed by atoms with Crippen LogP contribution in [0.2, 0.25) is 0 Å². The number of amides is 2. The number of nitrogens with one attached hydrogen (secondary N) is 2. The Morgan fingerprint density at radius 1 is 1.29 bits per heavy atom. The number of halogens is 2. The summed E-state index contributed by atoms with van der Waals surface area (Å²) in [5, 5.41) is 4.97. The van der Waals surface area contributed by atoms with E-state index in [0.29, 0.717) is 13.1 Å². The first kappa shape index (κ1) is 17.7. The zero-order valence-electron chi connectivity index (χ0n) is 13.8. The molecule has 2 aromatic rings. The molecule has 0 saturated heterocycles. The number of rotatable bonds is 5. The maximum absolute atomic E-state index is 14.0. The van der Waals surface area contributed by atoms with Crippen molar-refractivity contribution in [3.63, 3.8) is 0 Å². The first-order valence-electron chi connectivity index (χ1n) is 7.43. The Morgan fingerprint density at radius 3 is 2.50 bits per heavy atom. The summed E-state index contributed by atoms with van der Waals surface area (Å²) in [7, 11) is 0. The van der Waals surface area contributed by atoms with Gasteiger partial charge in [0.1, 0.15) is 5.60 Å². The molecule has 0 radical (unpaired) electrons. The maximum Gasteiger partial charge on any atom is 0.319 e. The van der Waals surface area contributed by atoms with Crippen LogP contribution in [0.15, 0.2) is 30.9 Å². The predicted octanol–water partition coefficient (Wildman–Crippen LogP) is 3.16. The average molecular weight is 338 g/mol. The van der Waals surface area contributed by atoms with Gasteiger partial charge in [-0.25, -0.2) is 18.6 Å². The van der Waals surface area contributed by atoms with Crippen molar-refractivity contribution >= 4 is 11.7 Å². The topological polar surface area (TPSA) is 68.2 Å². The van der Waals surface area contributed by atoms with Gasteiger partial charge in [-0.2, -0.15) is 0 Å². The van der Waals surface area contributed by atoms with E-state index in [9.17, 15) is 13.6 Å². The van der Waals surface area contributed by atoms with Gasteiger partial charge in [-0.3, -0.25) is 0 Å². The smallest absolute Gasteiger partial charge is 0.319 e. The number of aromatic nitrogens is 2. The Bertz CT molecular complexity index is 674. The molecule has 0 aliphatic heterocycles. The van der Waals surface area contributed by atoms with Gasteiger partial charge in [-0.15, -0.1) is 0 Å².